The molecule has 3 aromatic carbocycles. The molecule has 2 heterocycles. The number of aryl methyl sites for hydroxylation is 2. The number of hydrogen-bond donors (Lipinski definition) is 0. The molecular weight excluding hydrogens is 506 g/mol. The maximum Gasteiger partial charge on any atom is 0.261 e. The molecule has 3 aliphatic rings. The van der Waals surface area contributed by atoms with Crippen LogP contribution < -0.4 is 0 Å². The molecule has 0 N–H and O–H groups in total. The number of carbonyl (C=O) groups excluding carboxylic acids is 2. The van der Waals surface area contributed by atoms with Crippen LogP contribution in [0.3, 0.4) is 0 Å². The van der Waals surface area contributed by atoms with Gasteiger partial charge in [0.15, 0.2) is 0 Å². The normalized spacial score (nSPS) is 19.7. The first-order chi connectivity index (χ1) is 20.1. The smallest absolute Gasteiger partial charge is 0.261 e. The monoisotopic (exact) mass is 541 g/mol. The zero-order chi connectivity index (χ0) is 27.8. The standard InChI is InChI=1S/C36H35N3O2/c40-35-31-11-3-4-12-32(31)36(41)39(35)24-26-16-14-25(15-17-26)22-38(33-13-5-9-29-10-6-20-37-34(29)33)23-27-18-19-28-7-1-2-8-30(28)21-27/h1-4,6-8,10-12,14-17,20,27,33H,5,9,13,18-19,21-24H2/t27-,33+/m1/s1. The minimum atomic E-state index is -0.210. The molecular formula is C36H35N3O2. The maximum atomic E-state index is 12.9. The van der Waals surface area contributed by atoms with Gasteiger partial charge in [-0.15, -0.1) is 0 Å². The number of aromatic nitrogens is 1. The van der Waals surface area contributed by atoms with Crippen molar-refractivity contribution < 1.29 is 9.59 Å². The molecule has 0 saturated carbocycles. The van der Waals surface area contributed by atoms with E-state index in [2.05, 4.69) is 65.6 Å². The Balaban J connectivity index is 1.10. The molecule has 0 saturated heterocycles. The first-order valence-electron chi connectivity index (χ1n) is 14.9. The summed E-state index contributed by atoms with van der Waals surface area (Å²) < 4.78 is 0. The van der Waals surface area contributed by atoms with Crippen LogP contribution in [0.1, 0.15) is 79.5 Å². The topological polar surface area (TPSA) is 53.5 Å². The molecule has 5 heteroatoms. The molecule has 1 aromatic heterocycles. The highest BCUT2D eigenvalue weighted by Gasteiger charge is 2.35. The predicted octanol–water partition coefficient (Wildman–Crippen LogP) is 6.56. The largest absolute Gasteiger partial charge is 0.290 e. The highest BCUT2D eigenvalue weighted by Crippen LogP contribution is 2.36. The highest BCUT2D eigenvalue weighted by atomic mass is 16.2. The number of imide groups is 1. The van der Waals surface area contributed by atoms with Crippen LogP contribution >= 0.6 is 0 Å². The Bertz CT molecular complexity index is 1560. The van der Waals surface area contributed by atoms with Crippen molar-refractivity contribution in [3.63, 3.8) is 0 Å². The molecule has 0 bridgehead atoms. The minimum absolute atomic E-state index is 0.210. The fraction of sp³-hybridized carbons (Fsp3) is 0.306. The van der Waals surface area contributed by atoms with Crippen LogP contribution in [0.2, 0.25) is 0 Å². The molecule has 41 heavy (non-hydrogen) atoms. The molecule has 1 aliphatic heterocycles. The van der Waals surface area contributed by atoms with Crippen molar-refractivity contribution in [3.8, 4) is 0 Å². The molecule has 206 valence electrons. The van der Waals surface area contributed by atoms with Crippen molar-refractivity contribution >= 4 is 11.8 Å². The van der Waals surface area contributed by atoms with Crippen LogP contribution in [0.25, 0.3) is 0 Å². The zero-order valence-electron chi connectivity index (χ0n) is 23.3. The van der Waals surface area contributed by atoms with Crippen molar-refractivity contribution in [3.05, 3.63) is 136 Å². The van der Waals surface area contributed by atoms with Crippen LogP contribution in [0.5, 0.6) is 0 Å². The van der Waals surface area contributed by atoms with Crippen LogP contribution in [-0.2, 0) is 32.4 Å². The quantitative estimate of drug-likeness (QED) is 0.249. The van der Waals surface area contributed by atoms with Gasteiger partial charge in [-0.25, -0.2) is 0 Å². The lowest BCUT2D eigenvalue weighted by atomic mass is 9.82. The third-order valence-electron chi connectivity index (χ3n) is 9.18. The van der Waals surface area contributed by atoms with Gasteiger partial charge in [-0.3, -0.25) is 24.4 Å². The average molecular weight is 542 g/mol. The summed E-state index contributed by atoms with van der Waals surface area (Å²) in [5.41, 5.74) is 8.85. The number of nitrogens with zero attached hydrogens (tertiary/aromatic N) is 3. The molecule has 5 nitrogen and oxygen atoms in total. The predicted molar refractivity (Wildman–Crippen MR) is 159 cm³/mol. The van der Waals surface area contributed by atoms with Gasteiger partial charge >= 0.3 is 0 Å². The maximum absolute atomic E-state index is 12.9. The van der Waals surface area contributed by atoms with E-state index in [0.29, 0.717) is 23.1 Å². The van der Waals surface area contributed by atoms with Crippen molar-refractivity contribution in [2.75, 3.05) is 6.54 Å². The molecule has 7 rings (SSSR count). The van der Waals surface area contributed by atoms with Gasteiger partial charge < -0.3 is 0 Å². The van der Waals surface area contributed by atoms with Gasteiger partial charge in [0, 0.05) is 19.3 Å². The van der Waals surface area contributed by atoms with Crippen LogP contribution in [-0.4, -0.2) is 33.1 Å². The lowest BCUT2D eigenvalue weighted by Gasteiger charge is -2.38. The Labute approximate surface area is 241 Å². The van der Waals surface area contributed by atoms with Gasteiger partial charge in [0.05, 0.1) is 29.4 Å². The number of fused-ring (bicyclic) bond motifs is 3. The van der Waals surface area contributed by atoms with Gasteiger partial charge in [-0.2, -0.15) is 0 Å². The second-order valence-corrected chi connectivity index (χ2v) is 11.8. The minimum Gasteiger partial charge on any atom is -0.290 e. The van der Waals surface area contributed by atoms with Crippen LogP contribution in [0.4, 0.5) is 0 Å². The molecule has 2 amide bonds. The molecule has 0 unspecified atom stereocenters. The van der Waals surface area contributed by atoms with Crippen molar-refractivity contribution in [2.45, 2.75) is 57.7 Å². The second kappa shape index (κ2) is 11.1. The van der Waals surface area contributed by atoms with Crippen molar-refractivity contribution in [2.24, 2.45) is 5.92 Å². The zero-order valence-corrected chi connectivity index (χ0v) is 23.3. The van der Waals surface area contributed by atoms with Crippen LogP contribution in [0.15, 0.2) is 91.1 Å². The summed E-state index contributed by atoms with van der Waals surface area (Å²) in [5, 5.41) is 0. The molecule has 4 aromatic rings. The van der Waals surface area contributed by atoms with Gasteiger partial charge in [0.2, 0.25) is 0 Å². The van der Waals surface area contributed by atoms with Crippen molar-refractivity contribution in [1.82, 2.24) is 14.8 Å². The summed E-state index contributed by atoms with van der Waals surface area (Å²) >= 11 is 0. The molecule has 0 fully saturated rings. The Morgan fingerprint density at radius 3 is 2.20 bits per heavy atom. The summed E-state index contributed by atoms with van der Waals surface area (Å²) in [6, 6.07) is 29.1. The average Bonchev–Trinajstić information content (AvgIpc) is 3.26. The summed E-state index contributed by atoms with van der Waals surface area (Å²) in [6.45, 7) is 2.19. The van der Waals surface area contributed by atoms with E-state index in [-0.39, 0.29) is 18.4 Å². The van der Waals surface area contributed by atoms with E-state index in [1.165, 1.54) is 45.7 Å². The Hall–Kier alpha value is -4.09. The highest BCUT2D eigenvalue weighted by molar-refractivity contribution is 6.21. The SMILES string of the molecule is O=C1c2ccccc2C(=O)N1Cc1ccc(CN(C[C@@H]2CCc3ccccc3C2)[C@H]2CCCc3cccnc32)cc1. The first kappa shape index (κ1) is 25.8. The number of benzene rings is 3. The van der Waals surface area contributed by atoms with E-state index in [9.17, 15) is 9.59 Å². The van der Waals surface area contributed by atoms with E-state index in [4.69, 9.17) is 4.98 Å². The molecule has 0 spiro atoms. The van der Waals surface area contributed by atoms with E-state index < -0.39 is 0 Å². The summed E-state index contributed by atoms with van der Waals surface area (Å²) in [6.07, 6.45) is 8.87. The number of pyridine rings is 1. The molecule has 2 aliphatic carbocycles. The van der Waals surface area contributed by atoms with E-state index in [1.54, 1.807) is 24.3 Å². The lowest BCUT2D eigenvalue weighted by molar-refractivity contribution is 0.0642. The number of rotatable bonds is 7. The summed E-state index contributed by atoms with van der Waals surface area (Å²) in [5.74, 6) is 0.198. The number of hydrogen-bond acceptors (Lipinski definition) is 4. The fourth-order valence-electron chi connectivity index (χ4n) is 7.05. The Morgan fingerprint density at radius 2 is 1.41 bits per heavy atom. The van der Waals surface area contributed by atoms with Gasteiger partial charge in [0.1, 0.15) is 0 Å². The van der Waals surface area contributed by atoms with Crippen LogP contribution in [0, 0.1) is 5.92 Å². The van der Waals surface area contributed by atoms with E-state index in [1.807, 2.05) is 6.20 Å². The van der Waals surface area contributed by atoms with Gasteiger partial charge in [-0.05, 0) is 90.5 Å². The first-order valence-corrected chi connectivity index (χ1v) is 14.9. The molecule has 0 radical (unpaired) electrons. The Kier molecular flexibility index (Phi) is 6.97. The van der Waals surface area contributed by atoms with Gasteiger partial charge in [0.25, 0.3) is 11.8 Å². The van der Waals surface area contributed by atoms with E-state index >= 15 is 0 Å². The number of carbonyl (C=O) groups is 2. The lowest BCUT2D eigenvalue weighted by Crippen LogP contribution is -2.37. The summed E-state index contributed by atoms with van der Waals surface area (Å²) in [7, 11) is 0. The number of amides is 2. The van der Waals surface area contributed by atoms with Gasteiger partial charge in [-0.1, -0.05) is 66.7 Å². The summed E-state index contributed by atoms with van der Waals surface area (Å²) in [4.78, 5) is 34.6. The third kappa shape index (κ3) is 5.11. The Morgan fingerprint density at radius 1 is 0.732 bits per heavy atom. The van der Waals surface area contributed by atoms with Crippen molar-refractivity contribution in [1.29, 1.82) is 0 Å². The fourth-order valence-corrected chi connectivity index (χ4v) is 7.05. The molecule has 2 atom stereocenters. The third-order valence-corrected chi connectivity index (χ3v) is 9.18. The van der Waals surface area contributed by atoms with E-state index in [0.717, 1.165) is 44.3 Å². The second-order valence-electron chi connectivity index (χ2n) is 11.8.